The quantitative estimate of drug-likeness (QED) is 0.882. The molecule has 4 nitrogen and oxygen atoms in total. The first-order valence-electron chi connectivity index (χ1n) is 4.96. The number of halogens is 1. The Morgan fingerprint density at radius 3 is 2.82 bits per heavy atom. The maximum atomic E-state index is 8.95. The highest BCUT2D eigenvalue weighted by Gasteiger charge is 2.07. The summed E-state index contributed by atoms with van der Waals surface area (Å²) >= 11 is 6.02. The Hall–Kier alpha value is -2.12. The van der Waals surface area contributed by atoms with Crippen LogP contribution in [0, 0.1) is 18.3 Å². The van der Waals surface area contributed by atoms with E-state index in [1.165, 1.54) is 6.20 Å². The Bertz CT molecular complexity index is 589. The highest BCUT2D eigenvalue weighted by Crippen LogP contribution is 2.25. The van der Waals surface area contributed by atoms with Gasteiger partial charge in [0, 0.05) is 0 Å². The van der Waals surface area contributed by atoms with Gasteiger partial charge in [0.1, 0.15) is 17.5 Å². The van der Waals surface area contributed by atoms with Gasteiger partial charge in [-0.3, -0.25) is 0 Å². The number of nitrogens with zero attached hydrogens (tertiary/aromatic N) is 3. The number of benzene rings is 1. The van der Waals surface area contributed by atoms with Crippen molar-refractivity contribution in [2.24, 2.45) is 0 Å². The van der Waals surface area contributed by atoms with E-state index in [0.29, 0.717) is 27.9 Å². The first-order valence-corrected chi connectivity index (χ1v) is 5.34. The number of hydrogen-bond donors (Lipinski definition) is 1. The van der Waals surface area contributed by atoms with Crippen LogP contribution in [-0.2, 0) is 0 Å². The summed E-state index contributed by atoms with van der Waals surface area (Å²) in [7, 11) is 0. The molecule has 0 aliphatic carbocycles. The van der Waals surface area contributed by atoms with Crippen LogP contribution in [0.1, 0.15) is 11.4 Å². The van der Waals surface area contributed by atoms with E-state index in [2.05, 4.69) is 15.3 Å². The first-order chi connectivity index (χ1) is 8.20. The molecule has 0 aliphatic heterocycles. The summed E-state index contributed by atoms with van der Waals surface area (Å²) in [4.78, 5) is 8.15. The zero-order valence-corrected chi connectivity index (χ0v) is 9.86. The first kappa shape index (κ1) is 11.4. The highest BCUT2D eigenvalue weighted by molar-refractivity contribution is 6.33. The Morgan fingerprint density at radius 2 is 2.12 bits per heavy atom. The molecule has 0 unspecified atom stereocenters. The number of rotatable bonds is 2. The van der Waals surface area contributed by atoms with E-state index in [9.17, 15) is 0 Å². The third-order valence-electron chi connectivity index (χ3n) is 2.16. The van der Waals surface area contributed by atoms with Crippen LogP contribution < -0.4 is 5.32 Å². The molecule has 0 saturated heterocycles. The Kier molecular flexibility index (Phi) is 3.22. The molecule has 5 heteroatoms. The molecule has 1 N–H and O–H groups in total. The molecule has 17 heavy (non-hydrogen) atoms. The van der Waals surface area contributed by atoms with Crippen LogP contribution >= 0.6 is 11.6 Å². The second-order valence-electron chi connectivity index (χ2n) is 3.40. The summed E-state index contributed by atoms with van der Waals surface area (Å²) in [5.41, 5.74) is 1.10. The summed E-state index contributed by atoms with van der Waals surface area (Å²) in [6.45, 7) is 1.76. The average molecular weight is 245 g/mol. The van der Waals surface area contributed by atoms with E-state index in [4.69, 9.17) is 16.9 Å². The van der Waals surface area contributed by atoms with Gasteiger partial charge in [0.2, 0.25) is 0 Å². The summed E-state index contributed by atoms with van der Waals surface area (Å²) < 4.78 is 0. The smallest absolute Gasteiger partial charge is 0.152 e. The number of aromatic nitrogens is 2. The van der Waals surface area contributed by atoms with Gasteiger partial charge in [0.15, 0.2) is 5.82 Å². The van der Waals surface area contributed by atoms with E-state index >= 15 is 0 Å². The lowest BCUT2D eigenvalue weighted by Crippen LogP contribution is -2.00. The van der Waals surface area contributed by atoms with Crippen LogP contribution in [0.2, 0.25) is 5.02 Å². The number of para-hydroxylation sites is 1. The van der Waals surface area contributed by atoms with Crippen molar-refractivity contribution in [3.63, 3.8) is 0 Å². The van der Waals surface area contributed by atoms with E-state index < -0.39 is 0 Å². The van der Waals surface area contributed by atoms with Crippen LogP contribution in [0.5, 0.6) is 0 Å². The van der Waals surface area contributed by atoms with E-state index in [1.54, 1.807) is 13.0 Å². The van der Waals surface area contributed by atoms with Crippen molar-refractivity contribution in [3.8, 4) is 6.07 Å². The van der Waals surface area contributed by atoms with Crippen LogP contribution in [-0.4, -0.2) is 9.97 Å². The Morgan fingerprint density at radius 1 is 1.35 bits per heavy atom. The van der Waals surface area contributed by atoms with E-state index in [0.717, 1.165) is 0 Å². The average Bonchev–Trinajstić information content (AvgIpc) is 2.32. The summed E-state index contributed by atoms with van der Waals surface area (Å²) in [5.74, 6) is 1.06. The lowest BCUT2D eigenvalue weighted by molar-refractivity contribution is 1.05. The SMILES string of the molecule is Cc1ncc(C#N)c(Nc2ccccc2Cl)n1. The molecule has 0 aliphatic rings. The second-order valence-corrected chi connectivity index (χ2v) is 3.80. The largest absolute Gasteiger partial charge is 0.338 e. The van der Waals surface area contributed by atoms with Gasteiger partial charge >= 0.3 is 0 Å². The molecule has 0 fully saturated rings. The van der Waals surface area contributed by atoms with E-state index in [-0.39, 0.29) is 0 Å². The predicted octanol–water partition coefficient (Wildman–Crippen LogP) is 3.05. The maximum Gasteiger partial charge on any atom is 0.152 e. The minimum atomic E-state index is 0.385. The third-order valence-corrected chi connectivity index (χ3v) is 2.49. The zero-order valence-electron chi connectivity index (χ0n) is 9.11. The lowest BCUT2D eigenvalue weighted by atomic mass is 10.3. The molecule has 0 saturated carbocycles. The molecular weight excluding hydrogens is 236 g/mol. The molecule has 1 aromatic heterocycles. The summed E-state index contributed by atoms with van der Waals surface area (Å²) in [6.07, 6.45) is 1.49. The van der Waals surface area contributed by atoms with Gasteiger partial charge in [-0.25, -0.2) is 9.97 Å². The maximum absolute atomic E-state index is 8.95. The zero-order chi connectivity index (χ0) is 12.3. The van der Waals surface area contributed by atoms with Gasteiger partial charge < -0.3 is 5.32 Å². The van der Waals surface area contributed by atoms with Crippen molar-refractivity contribution < 1.29 is 0 Å². The molecule has 0 radical (unpaired) electrons. The number of anilines is 2. The fourth-order valence-corrected chi connectivity index (χ4v) is 1.52. The topological polar surface area (TPSA) is 61.6 Å². The van der Waals surface area contributed by atoms with Gasteiger partial charge in [0.25, 0.3) is 0 Å². The van der Waals surface area contributed by atoms with E-state index in [1.807, 2.05) is 24.3 Å². The fraction of sp³-hybridized carbons (Fsp3) is 0.0833. The number of nitrogens with one attached hydrogen (secondary N) is 1. The van der Waals surface area contributed by atoms with Crippen LogP contribution in [0.25, 0.3) is 0 Å². The van der Waals surface area contributed by atoms with Crippen molar-refractivity contribution in [2.75, 3.05) is 5.32 Å². The van der Waals surface area contributed by atoms with Crippen molar-refractivity contribution in [1.82, 2.24) is 9.97 Å². The molecule has 2 aromatic rings. The molecule has 1 aromatic carbocycles. The molecule has 1 heterocycles. The van der Waals surface area contributed by atoms with Crippen LogP contribution in [0.3, 0.4) is 0 Å². The van der Waals surface area contributed by atoms with Crippen molar-refractivity contribution in [3.05, 3.63) is 46.9 Å². The number of hydrogen-bond acceptors (Lipinski definition) is 4. The molecule has 0 amide bonds. The van der Waals surface area contributed by atoms with Crippen molar-refractivity contribution >= 4 is 23.1 Å². The molecule has 0 spiro atoms. The second kappa shape index (κ2) is 4.81. The standard InChI is InChI=1S/C12H9ClN4/c1-8-15-7-9(6-14)12(16-8)17-11-5-3-2-4-10(11)13/h2-5,7H,1H3,(H,15,16,17). The normalized spacial score (nSPS) is 9.71. The summed E-state index contributed by atoms with van der Waals surface area (Å²) in [5, 5.41) is 12.6. The summed E-state index contributed by atoms with van der Waals surface area (Å²) in [6, 6.07) is 9.31. The Balaban J connectivity index is 2.40. The van der Waals surface area contributed by atoms with Gasteiger partial charge in [-0.2, -0.15) is 5.26 Å². The molecule has 84 valence electrons. The minimum absolute atomic E-state index is 0.385. The number of nitriles is 1. The van der Waals surface area contributed by atoms with Crippen molar-refractivity contribution in [1.29, 1.82) is 5.26 Å². The fourth-order valence-electron chi connectivity index (χ4n) is 1.34. The van der Waals surface area contributed by atoms with Gasteiger partial charge in [-0.15, -0.1) is 0 Å². The predicted molar refractivity (Wildman–Crippen MR) is 66.2 cm³/mol. The van der Waals surface area contributed by atoms with Gasteiger partial charge in [-0.05, 0) is 19.1 Å². The monoisotopic (exact) mass is 244 g/mol. The molecule has 2 rings (SSSR count). The number of aryl methyl sites for hydroxylation is 1. The van der Waals surface area contributed by atoms with Gasteiger partial charge in [0.05, 0.1) is 16.9 Å². The highest BCUT2D eigenvalue weighted by atomic mass is 35.5. The minimum Gasteiger partial charge on any atom is -0.338 e. The molecule has 0 bridgehead atoms. The Labute approximate surface area is 104 Å². The lowest BCUT2D eigenvalue weighted by Gasteiger charge is -2.08. The molecular formula is C12H9ClN4. The van der Waals surface area contributed by atoms with Crippen molar-refractivity contribution in [2.45, 2.75) is 6.92 Å². The third kappa shape index (κ3) is 2.52. The van der Waals surface area contributed by atoms with Crippen LogP contribution in [0.15, 0.2) is 30.5 Å². The molecule has 0 atom stereocenters. The van der Waals surface area contributed by atoms with Gasteiger partial charge in [-0.1, -0.05) is 23.7 Å². The van der Waals surface area contributed by atoms with Crippen LogP contribution in [0.4, 0.5) is 11.5 Å².